The molecule has 6 nitrogen and oxygen atoms in total. The summed E-state index contributed by atoms with van der Waals surface area (Å²) in [5, 5.41) is 4.93. The minimum atomic E-state index is -0.634. The van der Waals surface area contributed by atoms with Crippen LogP contribution in [-0.4, -0.2) is 21.8 Å². The van der Waals surface area contributed by atoms with Gasteiger partial charge in [0, 0.05) is 11.1 Å². The van der Waals surface area contributed by atoms with Crippen molar-refractivity contribution in [1.82, 2.24) is 9.97 Å². The van der Waals surface area contributed by atoms with Crippen molar-refractivity contribution in [3.8, 4) is 0 Å². The number of para-hydroxylation sites is 1. The van der Waals surface area contributed by atoms with Gasteiger partial charge in [0.25, 0.3) is 0 Å². The number of anilines is 2. The number of amides is 2. The molecule has 1 aromatic heterocycles. The van der Waals surface area contributed by atoms with Crippen LogP contribution in [0.15, 0.2) is 72.8 Å². The van der Waals surface area contributed by atoms with E-state index >= 15 is 0 Å². The first-order valence-corrected chi connectivity index (χ1v) is 8.52. The van der Waals surface area contributed by atoms with E-state index in [0.29, 0.717) is 22.2 Å². The minimum absolute atomic E-state index is 0.0619. The number of carbonyl (C=O) groups is 2. The summed E-state index contributed by atoms with van der Waals surface area (Å²) in [5.74, 6) is -0.455. The predicted molar refractivity (Wildman–Crippen MR) is 105 cm³/mol. The van der Waals surface area contributed by atoms with Crippen molar-refractivity contribution in [2.75, 3.05) is 10.6 Å². The Bertz CT molecular complexity index is 1170. The van der Waals surface area contributed by atoms with Crippen molar-refractivity contribution in [3.63, 3.8) is 0 Å². The average Bonchev–Trinajstić information content (AvgIpc) is 3.11. The summed E-state index contributed by atoms with van der Waals surface area (Å²) in [6.45, 7) is 0. The van der Waals surface area contributed by atoms with E-state index in [1.54, 1.807) is 48.5 Å². The summed E-state index contributed by atoms with van der Waals surface area (Å²) in [5.41, 5.74) is 2.34. The molecule has 1 heterocycles. The van der Waals surface area contributed by atoms with Gasteiger partial charge in [0.15, 0.2) is 5.78 Å². The summed E-state index contributed by atoms with van der Waals surface area (Å²) in [6, 6.07) is 19.2. The SMILES string of the molecule is O=C(Nc1nc2ccc(C(=O)c3ccccc3)cc2[nH]1)Nc1ccccc1F. The van der Waals surface area contributed by atoms with Gasteiger partial charge in [0.05, 0.1) is 16.7 Å². The summed E-state index contributed by atoms with van der Waals surface area (Å²) < 4.78 is 13.6. The maximum absolute atomic E-state index is 13.6. The van der Waals surface area contributed by atoms with Crippen LogP contribution in [0.2, 0.25) is 0 Å². The first-order valence-electron chi connectivity index (χ1n) is 8.52. The third kappa shape index (κ3) is 3.59. The Morgan fingerprint density at radius 1 is 0.857 bits per heavy atom. The number of aromatic amines is 1. The zero-order valence-corrected chi connectivity index (χ0v) is 14.6. The van der Waals surface area contributed by atoms with Crippen molar-refractivity contribution in [3.05, 3.63) is 89.7 Å². The number of hydrogen-bond acceptors (Lipinski definition) is 3. The van der Waals surface area contributed by atoms with E-state index in [0.717, 1.165) is 0 Å². The number of H-pyrrole nitrogens is 1. The van der Waals surface area contributed by atoms with E-state index in [2.05, 4.69) is 20.6 Å². The molecule has 4 rings (SSSR count). The molecule has 0 atom stereocenters. The molecule has 28 heavy (non-hydrogen) atoms. The number of nitrogens with zero attached hydrogens (tertiary/aromatic N) is 1. The standard InChI is InChI=1S/C21H15FN4O2/c22-15-8-4-5-9-16(15)25-21(28)26-20-23-17-11-10-14(12-18(17)24-20)19(27)13-6-2-1-3-7-13/h1-12H,(H3,23,24,25,26,28). The third-order valence-electron chi connectivity index (χ3n) is 4.13. The van der Waals surface area contributed by atoms with Crippen LogP contribution in [0.4, 0.5) is 20.8 Å². The van der Waals surface area contributed by atoms with Crippen LogP contribution in [0.5, 0.6) is 0 Å². The smallest absolute Gasteiger partial charge is 0.324 e. The van der Waals surface area contributed by atoms with E-state index in [4.69, 9.17) is 0 Å². The molecule has 4 aromatic rings. The lowest BCUT2D eigenvalue weighted by Crippen LogP contribution is -2.20. The Kier molecular flexibility index (Phi) is 4.55. The summed E-state index contributed by atoms with van der Waals surface area (Å²) in [7, 11) is 0. The van der Waals surface area contributed by atoms with Gasteiger partial charge in [-0.3, -0.25) is 10.1 Å². The van der Waals surface area contributed by atoms with Gasteiger partial charge in [-0.2, -0.15) is 0 Å². The first kappa shape index (κ1) is 17.4. The number of ketones is 1. The Labute approximate surface area is 159 Å². The van der Waals surface area contributed by atoms with E-state index < -0.39 is 11.8 Å². The topological polar surface area (TPSA) is 86.9 Å². The minimum Gasteiger partial charge on any atom is -0.324 e. The molecule has 0 spiro atoms. The predicted octanol–water partition coefficient (Wildman–Crippen LogP) is 4.58. The number of aromatic nitrogens is 2. The largest absolute Gasteiger partial charge is 0.326 e. The highest BCUT2D eigenvalue weighted by Crippen LogP contribution is 2.19. The quantitative estimate of drug-likeness (QED) is 0.457. The van der Waals surface area contributed by atoms with Gasteiger partial charge in [-0.25, -0.2) is 14.2 Å². The summed E-state index contributed by atoms with van der Waals surface area (Å²) in [4.78, 5) is 31.8. The zero-order chi connectivity index (χ0) is 19.5. The van der Waals surface area contributed by atoms with Crippen LogP contribution in [-0.2, 0) is 0 Å². The Morgan fingerprint density at radius 2 is 1.61 bits per heavy atom. The van der Waals surface area contributed by atoms with Crippen LogP contribution in [0.3, 0.4) is 0 Å². The maximum Gasteiger partial charge on any atom is 0.326 e. The van der Waals surface area contributed by atoms with Gasteiger partial charge in [-0.15, -0.1) is 0 Å². The van der Waals surface area contributed by atoms with Crippen molar-refractivity contribution in [1.29, 1.82) is 0 Å². The van der Waals surface area contributed by atoms with Gasteiger partial charge in [0.1, 0.15) is 5.82 Å². The van der Waals surface area contributed by atoms with E-state index in [-0.39, 0.29) is 17.4 Å². The fourth-order valence-corrected chi connectivity index (χ4v) is 2.79. The normalized spacial score (nSPS) is 10.6. The molecule has 138 valence electrons. The lowest BCUT2D eigenvalue weighted by molar-refractivity contribution is 0.103. The highest BCUT2D eigenvalue weighted by molar-refractivity contribution is 6.10. The molecule has 0 aliphatic rings. The van der Waals surface area contributed by atoms with Crippen LogP contribution < -0.4 is 10.6 Å². The van der Waals surface area contributed by atoms with Crippen molar-refractivity contribution in [2.24, 2.45) is 0 Å². The molecule has 3 N–H and O–H groups in total. The van der Waals surface area contributed by atoms with Crippen LogP contribution >= 0.6 is 0 Å². The summed E-state index contributed by atoms with van der Waals surface area (Å²) >= 11 is 0. The van der Waals surface area contributed by atoms with Crippen molar-refractivity contribution < 1.29 is 14.0 Å². The molecule has 0 saturated carbocycles. The number of rotatable bonds is 4. The average molecular weight is 374 g/mol. The molecule has 0 aliphatic heterocycles. The van der Waals surface area contributed by atoms with Gasteiger partial charge in [-0.1, -0.05) is 42.5 Å². The molecular weight excluding hydrogens is 359 g/mol. The maximum atomic E-state index is 13.6. The second-order valence-corrected chi connectivity index (χ2v) is 6.07. The Morgan fingerprint density at radius 3 is 2.39 bits per heavy atom. The van der Waals surface area contributed by atoms with Gasteiger partial charge < -0.3 is 10.3 Å². The first-order chi connectivity index (χ1) is 13.6. The van der Waals surface area contributed by atoms with Crippen LogP contribution in [0.1, 0.15) is 15.9 Å². The lowest BCUT2D eigenvalue weighted by Gasteiger charge is -2.05. The van der Waals surface area contributed by atoms with Crippen molar-refractivity contribution >= 4 is 34.5 Å². The van der Waals surface area contributed by atoms with E-state index in [9.17, 15) is 14.0 Å². The van der Waals surface area contributed by atoms with E-state index in [1.807, 2.05) is 6.07 Å². The number of nitrogens with one attached hydrogen (secondary N) is 3. The number of imidazole rings is 1. The molecule has 0 saturated heterocycles. The second kappa shape index (κ2) is 7.32. The summed E-state index contributed by atoms with van der Waals surface area (Å²) in [6.07, 6.45) is 0. The molecule has 0 bridgehead atoms. The van der Waals surface area contributed by atoms with Crippen LogP contribution in [0.25, 0.3) is 11.0 Å². The van der Waals surface area contributed by atoms with Crippen LogP contribution in [0, 0.1) is 5.82 Å². The van der Waals surface area contributed by atoms with Crippen molar-refractivity contribution in [2.45, 2.75) is 0 Å². The Hall–Kier alpha value is -4.00. The molecule has 0 fully saturated rings. The highest BCUT2D eigenvalue weighted by atomic mass is 19.1. The molecule has 0 radical (unpaired) electrons. The molecule has 3 aromatic carbocycles. The third-order valence-corrected chi connectivity index (χ3v) is 4.13. The number of urea groups is 1. The number of benzene rings is 3. The fraction of sp³-hybridized carbons (Fsp3) is 0. The molecule has 2 amide bonds. The second-order valence-electron chi connectivity index (χ2n) is 6.07. The van der Waals surface area contributed by atoms with E-state index in [1.165, 1.54) is 18.2 Å². The number of hydrogen-bond donors (Lipinski definition) is 3. The van der Waals surface area contributed by atoms with Gasteiger partial charge in [-0.05, 0) is 30.3 Å². The Balaban J connectivity index is 1.53. The molecule has 7 heteroatoms. The van der Waals surface area contributed by atoms with Gasteiger partial charge in [0.2, 0.25) is 5.95 Å². The molecule has 0 aliphatic carbocycles. The monoisotopic (exact) mass is 374 g/mol. The van der Waals surface area contributed by atoms with Gasteiger partial charge >= 0.3 is 6.03 Å². The number of halogens is 1. The molecule has 0 unspecified atom stereocenters. The molecular formula is C21H15FN4O2. The number of carbonyl (C=O) groups excluding carboxylic acids is 2. The highest BCUT2D eigenvalue weighted by Gasteiger charge is 2.12. The lowest BCUT2D eigenvalue weighted by atomic mass is 10.0. The zero-order valence-electron chi connectivity index (χ0n) is 14.6. The fourth-order valence-electron chi connectivity index (χ4n) is 2.79. The number of fused-ring (bicyclic) bond motifs is 1.